The Labute approximate surface area is 134 Å². The average Bonchev–Trinajstić information content (AvgIpc) is 2.55. The van der Waals surface area contributed by atoms with Gasteiger partial charge in [-0.15, -0.1) is 0 Å². The quantitative estimate of drug-likeness (QED) is 0.814. The van der Waals surface area contributed by atoms with E-state index in [0.29, 0.717) is 12.8 Å². The molecule has 0 aromatic heterocycles. The molecule has 126 valence electrons. The fraction of sp³-hybridized carbons (Fsp3) is 0.467. The minimum atomic E-state index is -3.88. The standard InChI is InChI=1S/C15H19NO6S/c1-2-22-15(19)13-5-3-4-10-16(13)23(20,21)12-8-6-11(7-9-12)14(17)18/h6-9,13H,2-5,10H2,1H3,(H,17,18). The molecule has 0 saturated carbocycles. The van der Waals surface area contributed by atoms with Crippen LogP contribution in [0, 0.1) is 0 Å². The van der Waals surface area contributed by atoms with Gasteiger partial charge in [0.1, 0.15) is 6.04 Å². The van der Waals surface area contributed by atoms with Crippen LogP contribution >= 0.6 is 0 Å². The number of aromatic carboxylic acids is 1. The van der Waals surface area contributed by atoms with Crippen molar-refractivity contribution in [3.8, 4) is 0 Å². The summed E-state index contributed by atoms with van der Waals surface area (Å²) < 4.78 is 31.6. The van der Waals surface area contributed by atoms with E-state index in [9.17, 15) is 18.0 Å². The second kappa shape index (κ2) is 7.10. The van der Waals surface area contributed by atoms with E-state index in [1.54, 1.807) is 6.92 Å². The smallest absolute Gasteiger partial charge is 0.335 e. The highest BCUT2D eigenvalue weighted by Crippen LogP contribution is 2.26. The Balaban J connectivity index is 2.31. The Kier molecular flexibility index (Phi) is 5.38. The molecule has 1 aromatic carbocycles. The minimum Gasteiger partial charge on any atom is -0.478 e. The second-order valence-corrected chi connectivity index (χ2v) is 7.10. The van der Waals surface area contributed by atoms with Gasteiger partial charge in [0.15, 0.2) is 0 Å². The van der Waals surface area contributed by atoms with Crippen LogP contribution in [0.3, 0.4) is 0 Å². The van der Waals surface area contributed by atoms with Crippen LogP contribution in [0.5, 0.6) is 0 Å². The van der Waals surface area contributed by atoms with Crippen molar-refractivity contribution in [2.24, 2.45) is 0 Å². The number of ether oxygens (including phenoxy) is 1. The summed E-state index contributed by atoms with van der Waals surface area (Å²) in [5.41, 5.74) is 0.00420. The van der Waals surface area contributed by atoms with Crippen molar-refractivity contribution in [3.05, 3.63) is 29.8 Å². The van der Waals surface area contributed by atoms with Crippen LogP contribution in [0.2, 0.25) is 0 Å². The van der Waals surface area contributed by atoms with Crippen LogP contribution in [-0.2, 0) is 19.6 Å². The van der Waals surface area contributed by atoms with Crippen LogP contribution in [0.4, 0.5) is 0 Å². The first kappa shape index (κ1) is 17.4. The largest absolute Gasteiger partial charge is 0.478 e. The van der Waals surface area contributed by atoms with Crippen molar-refractivity contribution in [3.63, 3.8) is 0 Å². The summed E-state index contributed by atoms with van der Waals surface area (Å²) in [4.78, 5) is 22.9. The van der Waals surface area contributed by atoms with Crippen molar-refractivity contribution >= 4 is 22.0 Å². The van der Waals surface area contributed by atoms with E-state index in [1.165, 1.54) is 24.3 Å². The van der Waals surface area contributed by atoms with Gasteiger partial charge in [-0.2, -0.15) is 4.31 Å². The third-order valence-corrected chi connectivity index (χ3v) is 5.64. The SMILES string of the molecule is CCOC(=O)C1CCCCN1S(=O)(=O)c1ccc(C(=O)O)cc1. The molecule has 1 unspecified atom stereocenters. The Bertz CT molecular complexity index is 682. The second-order valence-electron chi connectivity index (χ2n) is 5.21. The van der Waals surface area contributed by atoms with E-state index < -0.39 is 28.0 Å². The zero-order valence-corrected chi connectivity index (χ0v) is 13.6. The summed E-state index contributed by atoms with van der Waals surface area (Å²) in [7, 11) is -3.88. The van der Waals surface area contributed by atoms with Crippen molar-refractivity contribution in [2.75, 3.05) is 13.2 Å². The molecule has 0 amide bonds. The molecule has 1 heterocycles. The number of hydrogen-bond acceptors (Lipinski definition) is 5. The van der Waals surface area contributed by atoms with Gasteiger partial charge >= 0.3 is 11.9 Å². The summed E-state index contributed by atoms with van der Waals surface area (Å²) in [5, 5.41) is 8.88. The number of nitrogens with zero attached hydrogens (tertiary/aromatic N) is 1. The molecule has 1 saturated heterocycles. The van der Waals surface area contributed by atoms with Gasteiger partial charge in [-0.1, -0.05) is 0 Å². The van der Waals surface area contributed by atoms with E-state index in [-0.39, 0.29) is 23.6 Å². The molecule has 2 rings (SSSR count). The normalized spacial score (nSPS) is 19.3. The lowest BCUT2D eigenvalue weighted by molar-refractivity contribution is -0.148. The number of carboxylic acids is 1. The lowest BCUT2D eigenvalue weighted by Gasteiger charge is -2.32. The molecule has 0 aliphatic carbocycles. The topological polar surface area (TPSA) is 101 Å². The zero-order valence-electron chi connectivity index (χ0n) is 12.8. The molecule has 0 radical (unpaired) electrons. The molecule has 1 atom stereocenters. The predicted molar refractivity (Wildman–Crippen MR) is 81.6 cm³/mol. The predicted octanol–water partition coefficient (Wildman–Crippen LogP) is 1.49. The van der Waals surface area contributed by atoms with Gasteiger partial charge in [0, 0.05) is 6.54 Å². The van der Waals surface area contributed by atoms with E-state index >= 15 is 0 Å². The van der Waals surface area contributed by atoms with Crippen LogP contribution < -0.4 is 0 Å². The van der Waals surface area contributed by atoms with Crippen LogP contribution in [0.25, 0.3) is 0 Å². The summed E-state index contributed by atoms with van der Waals surface area (Å²) in [6.45, 7) is 2.10. The summed E-state index contributed by atoms with van der Waals surface area (Å²) in [5.74, 6) is -1.67. The Morgan fingerprint density at radius 1 is 1.26 bits per heavy atom. The zero-order chi connectivity index (χ0) is 17.0. The first-order valence-electron chi connectivity index (χ1n) is 7.39. The van der Waals surface area contributed by atoms with E-state index in [4.69, 9.17) is 9.84 Å². The van der Waals surface area contributed by atoms with Gasteiger partial charge in [-0.25, -0.2) is 13.2 Å². The third-order valence-electron chi connectivity index (χ3n) is 3.72. The van der Waals surface area contributed by atoms with Gasteiger partial charge in [0.25, 0.3) is 0 Å². The summed E-state index contributed by atoms with van der Waals surface area (Å²) >= 11 is 0. The lowest BCUT2D eigenvalue weighted by Crippen LogP contribution is -2.48. The fourth-order valence-electron chi connectivity index (χ4n) is 2.57. The molecule has 0 spiro atoms. The number of esters is 1. The fourth-order valence-corrected chi connectivity index (χ4v) is 4.22. The molecule has 1 fully saturated rings. The maximum atomic E-state index is 12.8. The van der Waals surface area contributed by atoms with Crippen molar-refractivity contribution in [1.29, 1.82) is 0 Å². The van der Waals surface area contributed by atoms with Gasteiger partial charge in [0.05, 0.1) is 17.1 Å². The first-order valence-corrected chi connectivity index (χ1v) is 8.83. The summed E-state index contributed by atoms with van der Waals surface area (Å²) in [6.07, 6.45) is 1.85. The summed E-state index contributed by atoms with van der Waals surface area (Å²) in [6, 6.07) is 4.13. The Hall–Kier alpha value is -1.93. The van der Waals surface area contributed by atoms with Crippen LogP contribution in [-0.4, -0.2) is 49.0 Å². The molecule has 1 aromatic rings. The highest BCUT2D eigenvalue weighted by molar-refractivity contribution is 7.89. The van der Waals surface area contributed by atoms with Crippen molar-refractivity contribution < 1.29 is 27.9 Å². The van der Waals surface area contributed by atoms with Crippen molar-refractivity contribution in [1.82, 2.24) is 4.31 Å². The van der Waals surface area contributed by atoms with Crippen LogP contribution in [0.15, 0.2) is 29.2 Å². The minimum absolute atomic E-state index is 0.00420. The molecule has 8 heteroatoms. The van der Waals surface area contributed by atoms with Crippen molar-refractivity contribution in [2.45, 2.75) is 37.1 Å². The maximum absolute atomic E-state index is 12.8. The molecule has 7 nitrogen and oxygen atoms in total. The number of benzene rings is 1. The number of hydrogen-bond donors (Lipinski definition) is 1. The van der Waals surface area contributed by atoms with Gasteiger partial charge in [-0.05, 0) is 50.5 Å². The Morgan fingerprint density at radius 2 is 1.91 bits per heavy atom. The average molecular weight is 341 g/mol. The number of carboxylic acid groups (broad SMARTS) is 1. The highest BCUT2D eigenvalue weighted by Gasteiger charge is 2.38. The molecule has 1 N–H and O–H groups in total. The first-order chi connectivity index (χ1) is 10.9. The monoisotopic (exact) mass is 341 g/mol. The molecule has 23 heavy (non-hydrogen) atoms. The number of carbonyl (C=O) groups excluding carboxylic acids is 1. The molecular formula is C15H19NO6S. The van der Waals surface area contributed by atoms with Gasteiger partial charge in [0.2, 0.25) is 10.0 Å². The number of carbonyl (C=O) groups is 2. The third kappa shape index (κ3) is 3.70. The Morgan fingerprint density at radius 3 is 2.48 bits per heavy atom. The molecule has 1 aliphatic rings. The number of sulfonamides is 1. The van der Waals surface area contributed by atoms with Gasteiger partial charge < -0.3 is 9.84 Å². The highest BCUT2D eigenvalue weighted by atomic mass is 32.2. The molecular weight excluding hydrogens is 322 g/mol. The van der Waals surface area contributed by atoms with Crippen LogP contribution in [0.1, 0.15) is 36.5 Å². The van der Waals surface area contributed by atoms with E-state index in [1.807, 2.05) is 0 Å². The number of rotatable bonds is 5. The van der Waals surface area contributed by atoms with Gasteiger partial charge in [-0.3, -0.25) is 4.79 Å². The lowest BCUT2D eigenvalue weighted by atomic mass is 10.1. The van der Waals surface area contributed by atoms with E-state index in [2.05, 4.69) is 0 Å². The van der Waals surface area contributed by atoms with E-state index in [0.717, 1.165) is 10.7 Å². The molecule has 1 aliphatic heterocycles. The molecule has 0 bridgehead atoms. The maximum Gasteiger partial charge on any atom is 0.335 e. The number of piperidine rings is 1.